The molecule has 3 heteroatoms. The van der Waals surface area contributed by atoms with Crippen LogP contribution in [-0.2, 0) is 4.79 Å². The third-order valence-electron chi connectivity index (χ3n) is 1.77. The first kappa shape index (κ1) is 10.7. The maximum absolute atomic E-state index is 13.0. The van der Waals surface area contributed by atoms with Crippen LogP contribution in [0.15, 0.2) is 24.3 Å². The molecule has 0 aliphatic heterocycles. The van der Waals surface area contributed by atoms with Gasteiger partial charge in [0.15, 0.2) is 11.6 Å². The van der Waals surface area contributed by atoms with Crippen molar-refractivity contribution < 1.29 is 13.9 Å². The average molecular weight is 196 g/mol. The highest BCUT2D eigenvalue weighted by Crippen LogP contribution is 2.15. The zero-order chi connectivity index (χ0) is 10.4. The third-order valence-corrected chi connectivity index (χ3v) is 1.77. The largest absolute Gasteiger partial charge is 0.491 e. The molecule has 1 aromatic carbocycles. The molecule has 0 aliphatic carbocycles. The summed E-state index contributed by atoms with van der Waals surface area (Å²) in [6.07, 6.45) is 1.11. The first-order valence-electron chi connectivity index (χ1n) is 4.57. The number of Topliss-reactive ketones (excluding diaryl/α,β-unsaturated/α-hetero) is 1. The zero-order valence-corrected chi connectivity index (χ0v) is 8.13. The van der Waals surface area contributed by atoms with Crippen molar-refractivity contribution in [2.24, 2.45) is 0 Å². The molecule has 0 radical (unpaired) electrons. The van der Waals surface area contributed by atoms with Gasteiger partial charge in [0, 0.05) is 6.42 Å². The van der Waals surface area contributed by atoms with Crippen molar-refractivity contribution >= 4 is 5.78 Å². The lowest BCUT2D eigenvalue weighted by atomic mass is 10.2. The average Bonchev–Trinajstić information content (AvgIpc) is 2.15. The summed E-state index contributed by atoms with van der Waals surface area (Å²) < 4.78 is 18.1. The molecule has 1 aromatic rings. The fourth-order valence-corrected chi connectivity index (χ4v) is 1.07. The van der Waals surface area contributed by atoms with Crippen LogP contribution < -0.4 is 4.74 Å². The molecule has 14 heavy (non-hydrogen) atoms. The molecule has 0 bridgehead atoms. The van der Waals surface area contributed by atoms with Gasteiger partial charge in [0.2, 0.25) is 0 Å². The molecule has 0 saturated heterocycles. The number of halogens is 1. The van der Waals surface area contributed by atoms with E-state index in [-0.39, 0.29) is 17.3 Å². The zero-order valence-electron chi connectivity index (χ0n) is 8.13. The fraction of sp³-hybridized carbons (Fsp3) is 0.364. The van der Waals surface area contributed by atoms with Gasteiger partial charge in [0.1, 0.15) is 5.78 Å². The highest BCUT2D eigenvalue weighted by Gasteiger charge is 2.00. The summed E-state index contributed by atoms with van der Waals surface area (Å²) in [6.45, 7) is 1.91. The van der Waals surface area contributed by atoms with Gasteiger partial charge < -0.3 is 9.53 Å². The molecular formula is C11H13FO2. The SMILES string of the molecule is CC(=O)CCCOc1ccccc1F. The Morgan fingerprint density at radius 1 is 1.43 bits per heavy atom. The molecule has 0 atom stereocenters. The Balaban J connectivity index is 2.31. The van der Waals surface area contributed by atoms with Crippen LogP contribution in [0.25, 0.3) is 0 Å². The fourth-order valence-electron chi connectivity index (χ4n) is 1.07. The van der Waals surface area contributed by atoms with Gasteiger partial charge in [-0.3, -0.25) is 0 Å². The second kappa shape index (κ2) is 5.37. The van der Waals surface area contributed by atoms with Crippen molar-refractivity contribution in [2.45, 2.75) is 19.8 Å². The summed E-state index contributed by atoms with van der Waals surface area (Å²) >= 11 is 0. The number of carbonyl (C=O) groups is 1. The van der Waals surface area contributed by atoms with E-state index in [9.17, 15) is 9.18 Å². The smallest absolute Gasteiger partial charge is 0.165 e. The van der Waals surface area contributed by atoms with Crippen LogP contribution in [-0.4, -0.2) is 12.4 Å². The topological polar surface area (TPSA) is 26.3 Å². The molecule has 0 heterocycles. The molecule has 0 aliphatic rings. The van der Waals surface area contributed by atoms with E-state index in [2.05, 4.69) is 0 Å². The van der Waals surface area contributed by atoms with Gasteiger partial charge in [-0.2, -0.15) is 0 Å². The second-order valence-electron chi connectivity index (χ2n) is 3.08. The Kier molecular flexibility index (Phi) is 4.11. The van der Waals surface area contributed by atoms with E-state index >= 15 is 0 Å². The summed E-state index contributed by atoms with van der Waals surface area (Å²) in [5, 5.41) is 0. The van der Waals surface area contributed by atoms with E-state index in [0.717, 1.165) is 0 Å². The number of ketones is 1. The summed E-state index contributed by atoms with van der Waals surface area (Å²) in [4.78, 5) is 10.6. The van der Waals surface area contributed by atoms with Crippen molar-refractivity contribution in [3.05, 3.63) is 30.1 Å². The molecule has 2 nitrogen and oxygen atoms in total. The Bertz CT molecular complexity index is 310. The standard InChI is InChI=1S/C11H13FO2/c1-9(13)5-4-8-14-11-7-3-2-6-10(11)12/h2-3,6-7H,4-5,8H2,1H3. The van der Waals surface area contributed by atoms with Gasteiger partial charge >= 0.3 is 0 Å². The van der Waals surface area contributed by atoms with Gasteiger partial charge in [-0.05, 0) is 25.5 Å². The summed E-state index contributed by atoms with van der Waals surface area (Å²) in [6, 6.07) is 6.24. The van der Waals surface area contributed by atoms with E-state index in [0.29, 0.717) is 19.4 Å². The maximum atomic E-state index is 13.0. The highest BCUT2D eigenvalue weighted by atomic mass is 19.1. The Morgan fingerprint density at radius 2 is 2.14 bits per heavy atom. The summed E-state index contributed by atoms with van der Waals surface area (Å²) in [5.74, 6) is 0.00788. The number of hydrogen-bond acceptors (Lipinski definition) is 2. The first-order chi connectivity index (χ1) is 6.70. The van der Waals surface area contributed by atoms with E-state index in [4.69, 9.17) is 4.74 Å². The third kappa shape index (κ3) is 3.56. The van der Waals surface area contributed by atoms with Crippen LogP contribution in [0.5, 0.6) is 5.75 Å². The number of ether oxygens (including phenoxy) is 1. The number of rotatable bonds is 5. The molecule has 76 valence electrons. The quantitative estimate of drug-likeness (QED) is 0.676. The number of hydrogen-bond donors (Lipinski definition) is 0. The normalized spacial score (nSPS) is 9.86. The Labute approximate surface area is 82.7 Å². The minimum absolute atomic E-state index is 0.127. The van der Waals surface area contributed by atoms with Gasteiger partial charge in [0.05, 0.1) is 6.61 Å². The molecule has 0 amide bonds. The van der Waals surface area contributed by atoms with E-state index < -0.39 is 0 Å². The van der Waals surface area contributed by atoms with Gasteiger partial charge in [-0.15, -0.1) is 0 Å². The van der Waals surface area contributed by atoms with Gasteiger partial charge in [0.25, 0.3) is 0 Å². The lowest BCUT2D eigenvalue weighted by molar-refractivity contribution is -0.117. The molecule has 0 unspecified atom stereocenters. The number of carbonyl (C=O) groups excluding carboxylic acids is 1. The molecule has 0 fully saturated rings. The first-order valence-corrected chi connectivity index (χ1v) is 4.57. The lowest BCUT2D eigenvalue weighted by Gasteiger charge is -2.05. The maximum Gasteiger partial charge on any atom is 0.165 e. The predicted octanol–water partition coefficient (Wildman–Crippen LogP) is 2.57. The molecular weight excluding hydrogens is 183 g/mol. The van der Waals surface area contributed by atoms with Crippen molar-refractivity contribution in [1.82, 2.24) is 0 Å². The van der Waals surface area contributed by atoms with Crippen LogP contribution in [0.4, 0.5) is 4.39 Å². The van der Waals surface area contributed by atoms with E-state index in [1.807, 2.05) is 0 Å². The van der Waals surface area contributed by atoms with Crippen LogP contribution in [0.2, 0.25) is 0 Å². The summed E-state index contributed by atoms with van der Waals surface area (Å²) in [7, 11) is 0. The van der Waals surface area contributed by atoms with Gasteiger partial charge in [-0.25, -0.2) is 4.39 Å². The van der Waals surface area contributed by atoms with Crippen LogP contribution in [0.1, 0.15) is 19.8 Å². The van der Waals surface area contributed by atoms with Crippen molar-refractivity contribution in [2.75, 3.05) is 6.61 Å². The minimum Gasteiger partial charge on any atom is -0.491 e. The van der Waals surface area contributed by atoms with Crippen molar-refractivity contribution in [3.63, 3.8) is 0 Å². The Hall–Kier alpha value is -1.38. The lowest BCUT2D eigenvalue weighted by Crippen LogP contribution is -2.01. The summed E-state index contributed by atoms with van der Waals surface area (Å²) in [5.41, 5.74) is 0. The molecule has 0 N–H and O–H groups in total. The van der Waals surface area contributed by atoms with Crippen molar-refractivity contribution in [3.8, 4) is 5.75 Å². The van der Waals surface area contributed by atoms with Gasteiger partial charge in [-0.1, -0.05) is 12.1 Å². The Morgan fingerprint density at radius 3 is 2.79 bits per heavy atom. The van der Waals surface area contributed by atoms with E-state index in [1.165, 1.54) is 13.0 Å². The number of benzene rings is 1. The number of para-hydroxylation sites is 1. The van der Waals surface area contributed by atoms with Crippen LogP contribution in [0, 0.1) is 5.82 Å². The van der Waals surface area contributed by atoms with Crippen molar-refractivity contribution in [1.29, 1.82) is 0 Å². The van der Waals surface area contributed by atoms with E-state index in [1.54, 1.807) is 18.2 Å². The molecule has 1 rings (SSSR count). The minimum atomic E-state index is -0.365. The second-order valence-corrected chi connectivity index (χ2v) is 3.08. The molecule has 0 aromatic heterocycles. The predicted molar refractivity (Wildman–Crippen MR) is 51.8 cm³/mol. The molecule has 0 spiro atoms. The van der Waals surface area contributed by atoms with Crippen LogP contribution in [0.3, 0.4) is 0 Å². The van der Waals surface area contributed by atoms with Crippen LogP contribution >= 0.6 is 0 Å². The monoisotopic (exact) mass is 196 g/mol. The molecule has 0 saturated carbocycles. The highest BCUT2D eigenvalue weighted by molar-refractivity contribution is 5.75.